The summed E-state index contributed by atoms with van der Waals surface area (Å²) in [7, 11) is 0. The van der Waals surface area contributed by atoms with Crippen LogP contribution in [0.4, 0.5) is 5.82 Å². The van der Waals surface area contributed by atoms with Gasteiger partial charge in [-0.3, -0.25) is 4.79 Å². The molecule has 2 aromatic heterocycles. The van der Waals surface area contributed by atoms with E-state index in [1.807, 2.05) is 13.8 Å². The van der Waals surface area contributed by atoms with E-state index in [0.717, 1.165) is 44.7 Å². The molecule has 0 aliphatic carbocycles. The van der Waals surface area contributed by atoms with Gasteiger partial charge in [0.1, 0.15) is 17.2 Å². The molecule has 1 amide bonds. The number of amides is 1. The minimum Gasteiger partial charge on any atom is -0.376 e. The van der Waals surface area contributed by atoms with Crippen LogP contribution in [0.2, 0.25) is 0 Å². The van der Waals surface area contributed by atoms with Crippen LogP contribution < -0.4 is 10.2 Å². The zero-order valence-electron chi connectivity index (χ0n) is 17.1. The fourth-order valence-electron chi connectivity index (χ4n) is 3.90. The van der Waals surface area contributed by atoms with Crippen molar-refractivity contribution in [3.05, 3.63) is 17.8 Å². The van der Waals surface area contributed by atoms with Gasteiger partial charge < -0.3 is 19.5 Å². The fraction of sp³-hybridized carbons (Fsp3) is 0.650. The summed E-state index contributed by atoms with van der Waals surface area (Å²) < 4.78 is 11.0. The lowest BCUT2D eigenvalue weighted by atomic mass is 9.96. The topological polar surface area (TPSA) is 106 Å². The van der Waals surface area contributed by atoms with Crippen LogP contribution in [-0.2, 0) is 16.0 Å². The van der Waals surface area contributed by atoms with Gasteiger partial charge in [-0.25, -0.2) is 9.97 Å². The molecular formula is C20H28N6O3. The number of anilines is 1. The van der Waals surface area contributed by atoms with Crippen molar-refractivity contribution in [1.29, 1.82) is 0 Å². The van der Waals surface area contributed by atoms with Crippen molar-refractivity contribution < 1.29 is 14.1 Å². The number of ether oxygens (including phenoxy) is 1. The zero-order valence-corrected chi connectivity index (χ0v) is 17.1. The van der Waals surface area contributed by atoms with Crippen molar-refractivity contribution in [2.75, 3.05) is 31.1 Å². The summed E-state index contributed by atoms with van der Waals surface area (Å²) >= 11 is 0. The number of nitrogens with one attached hydrogen (secondary N) is 1. The highest BCUT2D eigenvalue weighted by Gasteiger charge is 2.29. The van der Waals surface area contributed by atoms with Crippen molar-refractivity contribution in [2.24, 2.45) is 5.92 Å². The molecular weight excluding hydrogens is 372 g/mol. The van der Waals surface area contributed by atoms with Gasteiger partial charge in [-0.05, 0) is 32.6 Å². The molecule has 0 saturated carbocycles. The molecule has 29 heavy (non-hydrogen) atoms. The summed E-state index contributed by atoms with van der Waals surface area (Å²) in [6.07, 6.45) is 6.46. The van der Waals surface area contributed by atoms with Gasteiger partial charge >= 0.3 is 0 Å². The van der Waals surface area contributed by atoms with E-state index in [-0.39, 0.29) is 17.9 Å². The third-order valence-electron chi connectivity index (χ3n) is 5.52. The summed E-state index contributed by atoms with van der Waals surface area (Å²) in [5.74, 6) is 2.49. The van der Waals surface area contributed by atoms with E-state index in [9.17, 15) is 4.79 Å². The summed E-state index contributed by atoms with van der Waals surface area (Å²) in [6.45, 7) is 6.65. The average Bonchev–Trinajstić information content (AvgIpc) is 3.44. The first-order valence-electron chi connectivity index (χ1n) is 10.4. The van der Waals surface area contributed by atoms with E-state index in [2.05, 4.69) is 30.3 Å². The van der Waals surface area contributed by atoms with E-state index in [1.54, 1.807) is 6.20 Å². The van der Waals surface area contributed by atoms with Gasteiger partial charge in [0.25, 0.3) is 5.89 Å². The van der Waals surface area contributed by atoms with Gasteiger partial charge in [-0.2, -0.15) is 4.98 Å². The Morgan fingerprint density at radius 1 is 1.31 bits per heavy atom. The number of hydrogen-bond acceptors (Lipinski definition) is 8. The van der Waals surface area contributed by atoms with Crippen LogP contribution in [0.1, 0.15) is 44.3 Å². The Balaban J connectivity index is 1.48. The van der Waals surface area contributed by atoms with Gasteiger partial charge in [0, 0.05) is 38.9 Å². The normalized spacial score (nSPS) is 22.1. The summed E-state index contributed by atoms with van der Waals surface area (Å²) in [4.78, 5) is 28.3. The highest BCUT2D eigenvalue weighted by Crippen LogP contribution is 2.31. The van der Waals surface area contributed by atoms with Crippen LogP contribution in [0.5, 0.6) is 0 Å². The molecule has 4 rings (SSSR count). The van der Waals surface area contributed by atoms with Crippen LogP contribution in [0, 0.1) is 12.8 Å². The summed E-state index contributed by atoms with van der Waals surface area (Å²) in [5.41, 5.74) is 0.711. The summed E-state index contributed by atoms with van der Waals surface area (Å²) in [6, 6.07) is 0. The Morgan fingerprint density at radius 2 is 2.21 bits per heavy atom. The zero-order chi connectivity index (χ0) is 20.2. The molecule has 9 nitrogen and oxygen atoms in total. The molecule has 9 heteroatoms. The number of carbonyl (C=O) groups excluding carboxylic acids is 1. The van der Waals surface area contributed by atoms with Crippen molar-refractivity contribution in [1.82, 2.24) is 25.4 Å². The molecule has 156 valence electrons. The molecule has 2 unspecified atom stereocenters. The lowest BCUT2D eigenvalue weighted by Gasteiger charge is -2.33. The number of aromatic nitrogens is 4. The predicted molar refractivity (Wildman–Crippen MR) is 106 cm³/mol. The Bertz CT molecular complexity index is 848. The van der Waals surface area contributed by atoms with Crippen molar-refractivity contribution in [2.45, 2.75) is 52.1 Å². The van der Waals surface area contributed by atoms with Gasteiger partial charge in [0.15, 0.2) is 5.82 Å². The quantitative estimate of drug-likeness (QED) is 0.784. The third-order valence-corrected chi connectivity index (χ3v) is 5.52. The lowest BCUT2D eigenvalue weighted by molar-refractivity contribution is -0.125. The number of hydrogen-bond donors (Lipinski definition) is 1. The minimum atomic E-state index is -0.0813. The molecule has 2 fully saturated rings. The molecule has 0 radical (unpaired) electrons. The maximum absolute atomic E-state index is 12.7. The van der Waals surface area contributed by atoms with E-state index in [1.165, 1.54) is 0 Å². The molecule has 4 heterocycles. The maximum atomic E-state index is 12.7. The van der Waals surface area contributed by atoms with Gasteiger partial charge in [-0.15, -0.1) is 0 Å². The van der Waals surface area contributed by atoms with Crippen LogP contribution in [-0.4, -0.2) is 58.4 Å². The minimum absolute atomic E-state index is 0.0813. The number of nitrogens with zero attached hydrogens (tertiary/aromatic N) is 5. The first kappa shape index (κ1) is 19.8. The van der Waals surface area contributed by atoms with E-state index in [4.69, 9.17) is 9.26 Å². The number of rotatable bonds is 6. The first-order chi connectivity index (χ1) is 14.1. The van der Waals surface area contributed by atoms with Gasteiger partial charge in [-0.1, -0.05) is 12.1 Å². The van der Waals surface area contributed by atoms with Crippen LogP contribution in [0.3, 0.4) is 0 Å². The molecule has 0 bridgehead atoms. The van der Waals surface area contributed by atoms with Crippen molar-refractivity contribution in [3.63, 3.8) is 0 Å². The van der Waals surface area contributed by atoms with Crippen LogP contribution in [0.25, 0.3) is 11.5 Å². The third kappa shape index (κ3) is 4.55. The predicted octanol–water partition coefficient (Wildman–Crippen LogP) is 1.91. The van der Waals surface area contributed by atoms with Gasteiger partial charge in [0.2, 0.25) is 5.91 Å². The molecule has 2 aliphatic rings. The smallest absolute Gasteiger partial charge is 0.263 e. The molecule has 0 aromatic carbocycles. The Kier molecular flexibility index (Phi) is 6.03. The Morgan fingerprint density at radius 3 is 2.97 bits per heavy atom. The summed E-state index contributed by atoms with van der Waals surface area (Å²) in [5, 5.41) is 7.06. The molecule has 1 N–H and O–H groups in total. The van der Waals surface area contributed by atoms with E-state index < -0.39 is 0 Å². The highest BCUT2D eigenvalue weighted by atomic mass is 16.5. The number of piperidine rings is 1. The molecule has 2 aromatic rings. The molecule has 2 atom stereocenters. The highest BCUT2D eigenvalue weighted by molar-refractivity contribution is 5.80. The standard InChI is InChI=1S/C20H28N6O3/c1-3-17-24-20(29-25-17)16-11-21-13(2)23-18(16)26-8-4-6-14(12-26)19(27)22-10-15-7-5-9-28-15/h11,14-15H,3-10,12H2,1-2H3,(H,22,27). The van der Waals surface area contributed by atoms with Crippen molar-refractivity contribution >= 4 is 11.7 Å². The maximum Gasteiger partial charge on any atom is 0.263 e. The second-order valence-electron chi connectivity index (χ2n) is 7.69. The monoisotopic (exact) mass is 400 g/mol. The SMILES string of the molecule is CCc1noc(-c2cnc(C)nc2N2CCCC(C(=O)NCC3CCCO3)C2)n1. The molecule has 2 saturated heterocycles. The van der Waals surface area contributed by atoms with Crippen LogP contribution >= 0.6 is 0 Å². The van der Waals surface area contributed by atoms with E-state index >= 15 is 0 Å². The van der Waals surface area contributed by atoms with Crippen LogP contribution in [0.15, 0.2) is 10.7 Å². The second-order valence-corrected chi connectivity index (χ2v) is 7.69. The Labute approximate surface area is 170 Å². The second kappa shape index (κ2) is 8.86. The number of aryl methyl sites for hydroxylation is 2. The Hall–Kier alpha value is -2.55. The lowest BCUT2D eigenvalue weighted by Crippen LogP contribution is -2.45. The molecule has 2 aliphatic heterocycles. The fourth-order valence-corrected chi connectivity index (χ4v) is 3.90. The van der Waals surface area contributed by atoms with Crippen molar-refractivity contribution in [3.8, 4) is 11.5 Å². The molecule has 0 spiro atoms. The number of carbonyl (C=O) groups is 1. The first-order valence-corrected chi connectivity index (χ1v) is 10.4. The average molecular weight is 400 g/mol. The van der Waals surface area contributed by atoms with Gasteiger partial charge in [0.05, 0.1) is 12.0 Å². The largest absolute Gasteiger partial charge is 0.376 e. The van der Waals surface area contributed by atoms with E-state index in [0.29, 0.717) is 42.6 Å².